The van der Waals surface area contributed by atoms with Gasteiger partial charge in [-0.05, 0) is 38.0 Å². The maximum Gasteiger partial charge on any atom is 0.290 e. The lowest BCUT2D eigenvalue weighted by Gasteiger charge is -2.30. The Morgan fingerprint density at radius 2 is 1.91 bits per heavy atom. The summed E-state index contributed by atoms with van der Waals surface area (Å²) in [5, 5.41) is 12.1. The first-order chi connectivity index (χ1) is 15.4. The smallest absolute Gasteiger partial charge is 0.290 e. The number of nitrogens with zero attached hydrogens (tertiary/aromatic N) is 3. The number of Topliss-reactive ketones (excluding diaryl/α,β-unsaturated/α-hetero) is 1. The highest BCUT2D eigenvalue weighted by Gasteiger charge is 2.44. The van der Waals surface area contributed by atoms with Crippen molar-refractivity contribution < 1.29 is 19.4 Å². The zero-order chi connectivity index (χ0) is 22.8. The van der Waals surface area contributed by atoms with Gasteiger partial charge < -0.3 is 14.7 Å². The number of ether oxygens (including phenoxy) is 1. The SMILES string of the molecule is Cc1nc(C)c(C(=O)C2=C(O)C(=O)N(CCCN3CCOCC3)[C@H]2c2ccc(Cl)cc2)s1. The summed E-state index contributed by atoms with van der Waals surface area (Å²) < 4.78 is 5.39. The largest absolute Gasteiger partial charge is 0.503 e. The van der Waals surface area contributed by atoms with E-state index in [0.29, 0.717) is 35.4 Å². The first-order valence-electron chi connectivity index (χ1n) is 10.6. The van der Waals surface area contributed by atoms with Gasteiger partial charge in [-0.2, -0.15) is 0 Å². The zero-order valence-electron chi connectivity index (χ0n) is 18.1. The molecule has 1 fully saturated rings. The van der Waals surface area contributed by atoms with Crippen LogP contribution < -0.4 is 0 Å². The monoisotopic (exact) mass is 475 g/mol. The number of amides is 1. The molecule has 1 N–H and O–H groups in total. The van der Waals surface area contributed by atoms with E-state index in [9.17, 15) is 14.7 Å². The van der Waals surface area contributed by atoms with E-state index in [-0.39, 0.29) is 11.4 Å². The van der Waals surface area contributed by atoms with Crippen molar-refractivity contribution in [2.45, 2.75) is 26.3 Å². The van der Waals surface area contributed by atoms with Gasteiger partial charge in [-0.1, -0.05) is 23.7 Å². The first-order valence-corrected chi connectivity index (χ1v) is 11.8. The molecule has 0 spiro atoms. The van der Waals surface area contributed by atoms with Gasteiger partial charge in [-0.15, -0.1) is 11.3 Å². The summed E-state index contributed by atoms with van der Waals surface area (Å²) in [5.74, 6) is -1.35. The van der Waals surface area contributed by atoms with Crippen molar-refractivity contribution in [3.63, 3.8) is 0 Å². The summed E-state index contributed by atoms with van der Waals surface area (Å²) in [6.45, 7) is 8.00. The Balaban J connectivity index is 1.63. The second-order valence-electron chi connectivity index (χ2n) is 8.00. The number of aliphatic hydroxyl groups excluding tert-OH is 1. The molecule has 2 aliphatic heterocycles. The molecular weight excluding hydrogens is 450 g/mol. The standard InChI is InChI=1S/C23H26ClN3O4S/c1-14-22(32-15(2)25-14)20(28)18-19(16-4-6-17(24)7-5-16)27(23(30)21(18)29)9-3-8-26-10-12-31-13-11-26/h4-7,19,29H,3,8-13H2,1-2H3/t19-/m0/s1. The van der Waals surface area contributed by atoms with Crippen molar-refractivity contribution >= 4 is 34.6 Å². The summed E-state index contributed by atoms with van der Waals surface area (Å²) in [4.78, 5) is 35.2. The summed E-state index contributed by atoms with van der Waals surface area (Å²) in [5.41, 5.74) is 1.45. The Labute approximate surface area is 196 Å². The Kier molecular flexibility index (Phi) is 6.95. The van der Waals surface area contributed by atoms with Crippen molar-refractivity contribution in [2.75, 3.05) is 39.4 Å². The molecule has 9 heteroatoms. The van der Waals surface area contributed by atoms with Crippen LogP contribution in [0, 0.1) is 13.8 Å². The third kappa shape index (κ3) is 4.59. The van der Waals surface area contributed by atoms with E-state index in [4.69, 9.17) is 16.3 Å². The Hall–Kier alpha value is -2.26. The first kappa shape index (κ1) is 22.9. The van der Waals surface area contributed by atoms with Gasteiger partial charge in [0.1, 0.15) is 0 Å². The van der Waals surface area contributed by atoms with Crippen LogP contribution in [-0.4, -0.2) is 71.0 Å². The van der Waals surface area contributed by atoms with E-state index in [0.717, 1.165) is 36.6 Å². The molecular formula is C23H26ClN3O4S. The van der Waals surface area contributed by atoms with Gasteiger partial charge in [0.15, 0.2) is 5.76 Å². The lowest BCUT2D eigenvalue weighted by atomic mass is 9.95. The number of thiazole rings is 1. The van der Waals surface area contributed by atoms with E-state index in [1.54, 1.807) is 36.1 Å². The highest BCUT2D eigenvalue weighted by Crippen LogP contribution is 2.40. The van der Waals surface area contributed by atoms with E-state index < -0.39 is 17.7 Å². The van der Waals surface area contributed by atoms with Gasteiger partial charge >= 0.3 is 0 Å². The topological polar surface area (TPSA) is 83.0 Å². The maximum atomic E-state index is 13.5. The molecule has 0 saturated carbocycles. The molecule has 2 aliphatic rings. The van der Waals surface area contributed by atoms with Gasteiger partial charge in [0, 0.05) is 31.2 Å². The summed E-state index contributed by atoms with van der Waals surface area (Å²) in [6, 6.07) is 6.39. The number of carbonyl (C=O) groups excluding carboxylic acids is 2. The minimum Gasteiger partial charge on any atom is -0.503 e. The van der Waals surface area contributed by atoms with Crippen LogP contribution in [0.25, 0.3) is 0 Å². The molecule has 2 aromatic rings. The van der Waals surface area contributed by atoms with Crippen LogP contribution in [0.4, 0.5) is 0 Å². The van der Waals surface area contributed by atoms with Crippen molar-refractivity contribution in [2.24, 2.45) is 0 Å². The minimum atomic E-state index is -0.668. The van der Waals surface area contributed by atoms with Gasteiger partial charge in [-0.3, -0.25) is 14.5 Å². The molecule has 4 rings (SSSR count). The number of hydrogen-bond donors (Lipinski definition) is 1. The van der Waals surface area contributed by atoms with Gasteiger partial charge in [0.05, 0.1) is 40.4 Å². The molecule has 1 aromatic heterocycles. The van der Waals surface area contributed by atoms with Crippen molar-refractivity contribution in [1.29, 1.82) is 0 Å². The normalized spacial score (nSPS) is 19.8. The third-order valence-corrected chi connectivity index (χ3v) is 7.14. The molecule has 1 saturated heterocycles. The van der Waals surface area contributed by atoms with E-state index in [1.165, 1.54) is 11.3 Å². The number of carbonyl (C=O) groups is 2. The third-order valence-electron chi connectivity index (χ3n) is 5.82. The van der Waals surface area contributed by atoms with E-state index >= 15 is 0 Å². The Morgan fingerprint density at radius 3 is 2.53 bits per heavy atom. The van der Waals surface area contributed by atoms with Crippen molar-refractivity contribution in [1.82, 2.24) is 14.8 Å². The van der Waals surface area contributed by atoms with Crippen molar-refractivity contribution in [3.8, 4) is 0 Å². The van der Waals surface area contributed by atoms with Gasteiger partial charge in [-0.25, -0.2) is 4.98 Å². The number of rotatable bonds is 7. The molecule has 0 aliphatic carbocycles. The number of halogens is 1. The van der Waals surface area contributed by atoms with Crippen LogP contribution >= 0.6 is 22.9 Å². The van der Waals surface area contributed by atoms with Crippen LogP contribution in [-0.2, 0) is 9.53 Å². The van der Waals surface area contributed by atoms with Crippen LogP contribution in [0.3, 0.4) is 0 Å². The number of aromatic nitrogens is 1. The second-order valence-corrected chi connectivity index (χ2v) is 9.64. The van der Waals surface area contributed by atoms with E-state index in [1.807, 2.05) is 6.92 Å². The molecule has 170 valence electrons. The second kappa shape index (κ2) is 9.70. The molecule has 0 bridgehead atoms. The van der Waals surface area contributed by atoms with Crippen LogP contribution in [0.5, 0.6) is 0 Å². The molecule has 7 nitrogen and oxygen atoms in total. The summed E-state index contributed by atoms with van der Waals surface area (Å²) in [6.07, 6.45) is 0.725. The van der Waals surface area contributed by atoms with E-state index in [2.05, 4.69) is 9.88 Å². The number of hydrogen-bond acceptors (Lipinski definition) is 7. The van der Waals surface area contributed by atoms with Gasteiger partial charge in [0.2, 0.25) is 5.78 Å². The number of morpholine rings is 1. The van der Waals surface area contributed by atoms with Crippen LogP contribution in [0.2, 0.25) is 5.02 Å². The maximum absolute atomic E-state index is 13.5. The fourth-order valence-electron chi connectivity index (χ4n) is 4.26. The zero-order valence-corrected chi connectivity index (χ0v) is 19.7. The molecule has 1 aromatic carbocycles. The van der Waals surface area contributed by atoms with Gasteiger partial charge in [0.25, 0.3) is 5.91 Å². The lowest BCUT2D eigenvalue weighted by molar-refractivity contribution is -0.129. The molecule has 1 amide bonds. The average molecular weight is 476 g/mol. The predicted molar refractivity (Wildman–Crippen MR) is 123 cm³/mol. The lowest BCUT2D eigenvalue weighted by Crippen LogP contribution is -2.39. The molecule has 0 unspecified atom stereocenters. The Bertz CT molecular complexity index is 1040. The molecule has 3 heterocycles. The highest BCUT2D eigenvalue weighted by molar-refractivity contribution is 7.14. The minimum absolute atomic E-state index is 0.107. The van der Waals surface area contributed by atoms with Crippen LogP contribution in [0.1, 0.15) is 38.4 Å². The number of aliphatic hydroxyl groups is 1. The average Bonchev–Trinajstić information content (AvgIpc) is 3.25. The predicted octanol–water partition coefficient (Wildman–Crippen LogP) is 3.71. The number of benzene rings is 1. The fraction of sp³-hybridized carbons (Fsp3) is 0.435. The summed E-state index contributed by atoms with van der Waals surface area (Å²) in [7, 11) is 0. The quantitative estimate of drug-likeness (QED) is 0.614. The molecule has 0 radical (unpaired) electrons. The number of aryl methyl sites for hydroxylation is 2. The number of ketones is 1. The highest BCUT2D eigenvalue weighted by atomic mass is 35.5. The summed E-state index contributed by atoms with van der Waals surface area (Å²) >= 11 is 7.34. The Morgan fingerprint density at radius 1 is 1.22 bits per heavy atom. The fourth-order valence-corrected chi connectivity index (χ4v) is 5.26. The van der Waals surface area contributed by atoms with Crippen molar-refractivity contribution in [3.05, 3.63) is 61.8 Å². The molecule has 32 heavy (non-hydrogen) atoms. The van der Waals surface area contributed by atoms with Crippen LogP contribution in [0.15, 0.2) is 35.6 Å². The molecule has 1 atom stereocenters.